The van der Waals surface area contributed by atoms with Gasteiger partial charge in [-0.3, -0.25) is 0 Å². The third kappa shape index (κ3) is 3.18. The number of hydrogen-bond donors (Lipinski definition) is 1. The standard InChI is InChI=1S/C10H14ClNO2S/c1-10(11)5-4-7(6-8(10)15)14-9(13)12(2)3/h4,6,15H,5H2,1-3H3. The molecule has 1 aliphatic rings. The Hall–Kier alpha value is -0.610. The van der Waals surface area contributed by atoms with Gasteiger partial charge in [-0.25, -0.2) is 4.79 Å². The lowest BCUT2D eigenvalue weighted by atomic mass is 10.0. The maximum atomic E-state index is 11.3. The SMILES string of the molecule is CN(C)C(=O)OC1=CCC(C)(Cl)C(S)=C1. The molecule has 0 saturated carbocycles. The van der Waals surface area contributed by atoms with Crippen molar-refractivity contribution in [3.8, 4) is 0 Å². The second kappa shape index (κ2) is 4.49. The van der Waals surface area contributed by atoms with E-state index in [1.165, 1.54) is 4.90 Å². The van der Waals surface area contributed by atoms with Gasteiger partial charge in [-0.05, 0) is 25.5 Å². The van der Waals surface area contributed by atoms with Gasteiger partial charge in [-0.15, -0.1) is 24.2 Å². The fraction of sp³-hybridized carbons (Fsp3) is 0.500. The summed E-state index contributed by atoms with van der Waals surface area (Å²) in [6.45, 7) is 1.87. The van der Waals surface area contributed by atoms with Gasteiger partial charge in [0.1, 0.15) is 5.76 Å². The number of hydrogen-bond acceptors (Lipinski definition) is 3. The van der Waals surface area contributed by atoms with Crippen LogP contribution in [0.5, 0.6) is 0 Å². The van der Waals surface area contributed by atoms with E-state index in [0.717, 1.165) is 0 Å². The molecule has 1 amide bonds. The first-order valence-corrected chi connectivity index (χ1v) is 5.35. The van der Waals surface area contributed by atoms with Crippen LogP contribution in [0.1, 0.15) is 13.3 Å². The van der Waals surface area contributed by atoms with Gasteiger partial charge < -0.3 is 9.64 Å². The Morgan fingerprint density at radius 3 is 2.73 bits per heavy atom. The van der Waals surface area contributed by atoms with Crippen LogP contribution in [-0.4, -0.2) is 30.0 Å². The maximum absolute atomic E-state index is 11.3. The highest BCUT2D eigenvalue weighted by molar-refractivity contribution is 7.84. The lowest BCUT2D eigenvalue weighted by Crippen LogP contribution is -2.24. The highest BCUT2D eigenvalue weighted by Gasteiger charge is 2.27. The zero-order chi connectivity index (χ0) is 11.6. The summed E-state index contributed by atoms with van der Waals surface area (Å²) in [5.74, 6) is 0.497. The lowest BCUT2D eigenvalue weighted by Gasteiger charge is -2.25. The summed E-state index contributed by atoms with van der Waals surface area (Å²) in [7, 11) is 3.26. The molecular weight excluding hydrogens is 234 g/mol. The number of carbonyl (C=O) groups is 1. The molecule has 3 nitrogen and oxygen atoms in total. The highest BCUT2D eigenvalue weighted by atomic mass is 35.5. The van der Waals surface area contributed by atoms with Crippen LogP contribution >= 0.6 is 24.2 Å². The number of halogens is 1. The molecule has 0 heterocycles. The Labute approximate surface area is 100 Å². The van der Waals surface area contributed by atoms with Crippen molar-refractivity contribution in [3.63, 3.8) is 0 Å². The van der Waals surface area contributed by atoms with E-state index in [1.54, 1.807) is 26.2 Å². The minimum Gasteiger partial charge on any atom is -0.411 e. The van der Waals surface area contributed by atoms with Crippen LogP contribution in [0.4, 0.5) is 4.79 Å². The van der Waals surface area contributed by atoms with Crippen molar-refractivity contribution in [2.45, 2.75) is 18.2 Å². The molecule has 0 aliphatic heterocycles. The first-order chi connectivity index (χ1) is 6.83. The summed E-state index contributed by atoms with van der Waals surface area (Å²) >= 11 is 10.4. The van der Waals surface area contributed by atoms with E-state index < -0.39 is 11.0 Å². The van der Waals surface area contributed by atoms with Crippen molar-refractivity contribution in [2.24, 2.45) is 0 Å². The van der Waals surface area contributed by atoms with E-state index in [4.69, 9.17) is 16.3 Å². The number of allylic oxidation sites excluding steroid dienone is 3. The fourth-order valence-corrected chi connectivity index (χ4v) is 1.35. The van der Waals surface area contributed by atoms with Crippen molar-refractivity contribution in [2.75, 3.05) is 14.1 Å². The molecule has 0 aromatic rings. The van der Waals surface area contributed by atoms with Crippen LogP contribution in [0.15, 0.2) is 22.8 Å². The third-order valence-electron chi connectivity index (χ3n) is 2.07. The number of ether oxygens (including phenoxy) is 1. The summed E-state index contributed by atoms with van der Waals surface area (Å²) in [6.07, 6.45) is 3.64. The van der Waals surface area contributed by atoms with Gasteiger partial charge in [0.15, 0.2) is 0 Å². The monoisotopic (exact) mass is 247 g/mol. The molecule has 5 heteroatoms. The molecule has 0 aromatic carbocycles. The van der Waals surface area contributed by atoms with Gasteiger partial charge >= 0.3 is 6.09 Å². The molecule has 0 N–H and O–H groups in total. The van der Waals surface area contributed by atoms with Crippen molar-refractivity contribution in [1.82, 2.24) is 4.90 Å². The summed E-state index contributed by atoms with van der Waals surface area (Å²) in [4.78, 5) is 12.8. The van der Waals surface area contributed by atoms with Gasteiger partial charge in [-0.1, -0.05) is 0 Å². The number of thiol groups is 1. The number of amides is 1. The lowest BCUT2D eigenvalue weighted by molar-refractivity contribution is 0.149. The van der Waals surface area contributed by atoms with Crippen LogP contribution in [0, 0.1) is 0 Å². The number of alkyl halides is 1. The molecule has 84 valence electrons. The van der Waals surface area contributed by atoms with E-state index in [9.17, 15) is 4.79 Å². The highest BCUT2D eigenvalue weighted by Crippen LogP contribution is 2.36. The quantitative estimate of drug-likeness (QED) is 0.570. The summed E-state index contributed by atoms with van der Waals surface area (Å²) in [5, 5.41) is 0. The van der Waals surface area contributed by atoms with Gasteiger partial charge in [0, 0.05) is 19.0 Å². The van der Waals surface area contributed by atoms with Crippen LogP contribution in [0.25, 0.3) is 0 Å². The zero-order valence-electron chi connectivity index (χ0n) is 8.95. The Morgan fingerprint density at radius 1 is 1.67 bits per heavy atom. The molecule has 0 aromatic heterocycles. The topological polar surface area (TPSA) is 29.5 Å². The van der Waals surface area contributed by atoms with E-state index in [2.05, 4.69) is 12.6 Å². The summed E-state index contributed by atoms with van der Waals surface area (Å²) in [6, 6.07) is 0. The van der Waals surface area contributed by atoms with Crippen LogP contribution in [0.3, 0.4) is 0 Å². The largest absolute Gasteiger partial charge is 0.414 e. The number of nitrogens with zero attached hydrogens (tertiary/aromatic N) is 1. The molecule has 1 aliphatic carbocycles. The second-order valence-electron chi connectivity index (χ2n) is 3.80. The molecule has 0 fully saturated rings. The van der Waals surface area contributed by atoms with Crippen molar-refractivity contribution in [3.05, 3.63) is 22.8 Å². The molecule has 1 rings (SSSR count). The molecule has 0 spiro atoms. The fourth-order valence-electron chi connectivity index (χ4n) is 1.00. The van der Waals surface area contributed by atoms with Gasteiger partial charge in [-0.2, -0.15) is 0 Å². The average Bonchev–Trinajstić information content (AvgIpc) is 2.12. The van der Waals surface area contributed by atoms with E-state index in [0.29, 0.717) is 17.1 Å². The predicted octanol–water partition coefficient (Wildman–Crippen LogP) is 2.78. The Balaban J connectivity index is 2.69. The second-order valence-corrected chi connectivity index (χ2v) is 5.12. The molecule has 15 heavy (non-hydrogen) atoms. The van der Waals surface area contributed by atoms with E-state index >= 15 is 0 Å². The Morgan fingerprint density at radius 2 is 2.27 bits per heavy atom. The minimum atomic E-state index is -0.489. The number of carbonyl (C=O) groups excluding carboxylic acids is 1. The molecule has 0 bridgehead atoms. The van der Waals surface area contributed by atoms with Crippen molar-refractivity contribution >= 4 is 30.3 Å². The number of rotatable bonds is 1. The van der Waals surface area contributed by atoms with Crippen molar-refractivity contribution < 1.29 is 9.53 Å². The summed E-state index contributed by atoms with van der Waals surface area (Å²) in [5.41, 5.74) is 0. The molecule has 0 saturated heterocycles. The molecule has 1 unspecified atom stereocenters. The molecular formula is C10H14ClNO2S. The van der Waals surface area contributed by atoms with E-state index in [-0.39, 0.29) is 0 Å². The van der Waals surface area contributed by atoms with Crippen LogP contribution in [-0.2, 0) is 4.74 Å². The maximum Gasteiger partial charge on any atom is 0.414 e. The smallest absolute Gasteiger partial charge is 0.411 e. The van der Waals surface area contributed by atoms with Gasteiger partial charge in [0.2, 0.25) is 0 Å². The van der Waals surface area contributed by atoms with Crippen molar-refractivity contribution in [1.29, 1.82) is 0 Å². The third-order valence-corrected chi connectivity index (χ3v) is 3.18. The van der Waals surface area contributed by atoms with Gasteiger partial charge in [0.25, 0.3) is 0 Å². The van der Waals surface area contributed by atoms with Gasteiger partial charge in [0.05, 0.1) is 4.87 Å². The molecule has 0 radical (unpaired) electrons. The predicted molar refractivity (Wildman–Crippen MR) is 64.2 cm³/mol. The molecule has 1 atom stereocenters. The summed E-state index contributed by atoms with van der Waals surface area (Å²) < 4.78 is 5.08. The van der Waals surface area contributed by atoms with Crippen LogP contribution in [0.2, 0.25) is 0 Å². The Bertz CT molecular complexity index is 334. The zero-order valence-corrected chi connectivity index (χ0v) is 10.6. The minimum absolute atomic E-state index is 0.406. The van der Waals surface area contributed by atoms with E-state index in [1.807, 2.05) is 6.92 Å². The van der Waals surface area contributed by atoms with Crippen LogP contribution < -0.4 is 0 Å². The first kappa shape index (κ1) is 12.5. The average molecular weight is 248 g/mol. The Kier molecular flexibility index (Phi) is 3.73. The normalized spacial score (nSPS) is 25.4. The first-order valence-electron chi connectivity index (χ1n) is 4.52.